The Kier molecular flexibility index (Phi) is 5.89. The number of halogens is 1. The van der Waals surface area contributed by atoms with E-state index in [-0.39, 0.29) is 36.4 Å². The molecule has 9 nitrogen and oxygen atoms in total. The second-order valence-electron chi connectivity index (χ2n) is 8.23. The molecular formula is C24H23FN6O3. The van der Waals surface area contributed by atoms with Crippen LogP contribution in [0, 0.1) is 5.41 Å². The Morgan fingerprint density at radius 1 is 1.21 bits per heavy atom. The first-order valence-electron chi connectivity index (χ1n) is 10.9. The molecule has 1 saturated carbocycles. The average Bonchev–Trinajstić information content (AvgIpc) is 3.25. The molecule has 10 heteroatoms. The van der Waals surface area contributed by atoms with Gasteiger partial charge in [0.05, 0.1) is 5.69 Å². The summed E-state index contributed by atoms with van der Waals surface area (Å²) in [4.78, 5) is 4.46. The van der Waals surface area contributed by atoms with Gasteiger partial charge in [0, 0.05) is 30.2 Å². The first-order valence-corrected chi connectivity index (χ1v) is 10.9. The van der Waals surface area contributed by atoms with Crippen LogP contribution in [0.1, 0.15) is 35.8 Å². The third-order valence-electron chi connectivity index (χ3n) is 5.83. The molecule has 3 heterocycles. The van der Waals surface area contributed by atoms with Crippen molar-refractivity contribution in [3.05, 3.63) is 71.5 Å². The molecule has 0 atom stereocenters. The lowest BCUT2D eigenvalue weighted by molar-refractivity contribution is 0.179. The van der Waals surface area contributed by atoms with E-state index in [1.807, 2.05) is 36.4 Å². The third kappa shape index (κ3) is 4.19. The van der Waals surface area contributed by atoms with E-state index in [4.69, 9.17) is 14.9 Å². The number of aliphatic hydroxyl groups excluding tert-OH is 1. The van der Waals surface area contributed by atoms with Crippen molar-refractivity contribution in [1.82, 2.24) is 24.8 Å². The SMILES string of the molecule is COC/C(O)=C/C(=N)c1nnc2c3ccccc3c(OCc3ccc(C4CC(F)C4)cn3)nn12. The number of aliphatic hydroxyl groups is 1. The normalized spacial score (nSPS) is 18.2. The molecule has 0 amide bonds. The van der Waals surface area contributed by atoms with Crippen molar-refractivity contribution in [3.63, 3.8) is 0 Å². The first-order chi connectivity index (χ1) is 16.5. The first kappa shape index (κ1) is 21.9. The molecule has 4 aromatic rings. The number of rotatable bonds is 8. The zero-order valence-electron chi connectivity index (χ0n) is 18.5. The topological polar surface area (TPSA) is 119 Å². The predicted octanol–water partition coefficient (Wildman–Crippen LogP) is 3.92. The standard InChI is InChI=1S/C24H23FN6O3/c1-33-13-18(32)10-21(26)23-29-28-22-19-4-2-3-5-20(19)24(30-31(22)23)34-12-17-7-6-14(11-27-17)15-8-16(25)9-15/h2-7,10-11,15-16,26,32H,8-9,12-13H2,1H3/b18-10-,26-21?. The molecule has 0 spiro atoms. The van der Waals surface area contributed by atoms with Crippen molar-refractivity contribution in [1.29, 1.82) is 5.41 Å². The van der Waals surface area contributed by atoms with E-state index < -0.39 is 6.17 Å². The molecule has 0 unspecified atom stereocenters. The fraction of sp³-hybridized carbons (Fsp3) is 0.292. The van der Waals surface area contributed by atoms with E-state index in [2.05, 4.69) is 20.3 Å². The summed E-state index contributed by atoms with van der Waals surface area (Å²) in [6, 6.07) is 11.4. The maximum Gasteiger partial charge on any atom is 0.240 e. The number of benzene rings is 1. The number of ether oxygens (including phenoxy) is 2. The number of hydrogen-bond donors (Lipinski definition) is 2. The quantitative estimate of drug-likeness (QED) is 0.301. The van der Waals surface area contributed by atoms with Crippen LogP contribution < -0.4 is 4.74 Å². The molecule has 0 saturated heterocycles. The van der Waals surface area contributed by atoms with Crippen LogP contribution in [-0.4, -0.2) is 55.5 Å². The second-order valence-corrected chi connectivity index (χ2v) is 8.23. The van der Waals surface area contributed by atoms with E-state index in [0.717, 1.165) is 22.0 Å². The van der Waals surface area contributed by atoms with Crippen LogP contribution in [-0.2, 0) is 11.3 Å². The van der Waals surface area contributed by atoms with Crippen LogP contribution in [0.5, 0.6) is 5.88 Å². The average molecular weight is 462 g/mol. The van der Waals surface area contributed by atoms with Crippen molar-refractivity contribution in [3.8, 4) is 5.88 Å². The summed E-state index contributed by atoms with van der Waals surface area (Å²) in [5.74, 6) is 0.625. The minimum Gasteiger partial charge on any atom is -0.510 e. The molecule has 0 bridgehead atoms. The molecule has 5 rings (SSSR count). The van der Waals surface area contributed by atoms with E-state index in [1.54, 1.807) is 6.20 Å². The van der Waals surface area contributed by atoms with Gasteiger partial charge in [0.25, 0.3) is 0 Å². The molecule has 174 valence electrons. The summed E-state index contributed by atoms with van der Waals surface area (Å²) in [6.07, 6.45) is 3.44. The maximum absolute atomic E-state index is 13.1. The molecule has 2 N–H and O–H groups in total. The van der Waals surface area contributed by atoms with E-state index in [0.29, 0.717) is 24.4 Å². The Balaban J connectivity index is 1.44. The van der Waals surface area contributed by atoms with Gasteiger partial charge in [-0.1, -0.05) is 24.3 Å². The van der Waals surface area contributed by atoms with Crippen molar-refractivity contribution in [2.45, 2.75) is 31.5 Å². The van der Waals surface area contributed by atoms with Gasteiger partial charge in [-0.3, -0.25) is 10.4 Å². The van der Waals surface area contributed by atoms with Crippen LogP contribution >= 0.6 is 0 Å². The highest BCUT2D eigenvalue weighted by molar-refractivity contribution is 6.05. The van der Waals surface area contributed by atoms with Crippen LogP contribution in [0.4, 0.5) is 4.39 Å². The Morgan fingerprint density at radius 3 is 2.71 bits per heavy atom. The zero-order chi connectivity index (χ0) is 23.7. The Hall–Kier alpha value is -3.92. The highest BCUT2D eigenvalue weighted by Crippen LogP contribution is 2.38. The molecule has 1 aliphatic rings. The number of aromatic nitrogens is 5. The van der Waals surface area contributed by atoms with Crippen LogP contribution in [0.15, 0.2) is 54.4 Å². The van der Waals surface area contributed by atoms with Crippen LogP contribution in [0.25, 0.3) is 16.4 Å². The number of alkyl halides is 1. The minimum absolute atomic E-state index is 0.0231. The van der Waals surface area contributed by atoms with Gasteiger partial charge in [-0.25, -0.2) is 4.39 Å². The Labute approximate surface area is 194 Å². The lowest BCUT2D eigenvalue weighted by atomic mass is 9.79. The third-order valence-corrected chi connectivity index (χ3v) is 5.83. The van der Waals surface area contributed by atoms with Gasteiger partial charge < -0.3 is 14.6 Å². The van der Waals surface area contributed by atoms with Crippen molar-refractivity contribution in [2.75, 3.05) is 13.7 Å². The number of pyridine rings is 1. The Bertz CT molecular complexity index is 1380. The summed E-state index contributed by atoms with van der Waals surface area (Å²) >= 11 is 0. The van der Waals surface area contributed by atoms with Crippen molar-refractivity contribution in [2.24, 2.45) is 0 Å². The predicted molar refractivity (Wildman–Crippen MR) is 123 cm³/mol. The van der Waals surface area contributed by atoms with Crippen LogP contribution in [0.2, 0.25) is 0 Å². The number of allylic oxidation sites excluding steroid dienone is 1. The molecule has 0 radical (unpaired) electrons. The van der Waals surface area contributed by atoms with E-state index in [1.165, 1.54) is 17.7 Å². The van der Waals surface area contributed by atoms with Crippen molar-refractivity contribution >= 4 is 22.1 Å². The summed E-state index contributed by atoms with van der Waals surface area (Å²) < 4.78 is 25.5. The van der Waals surface area contributed by atoms with Gasteiger partial charge in [0.15, 0.2) is 5.65 Å². The van der Waals surface area contributed by atoms with Gasteiger partial charge in [-0.2, -0.15) is 4.52 Å². The lowest BCUT2D eigenvalue weighted by Crippen LogP contribution is -2.22. The molecule has 3 aromatic heterocycles. The number of hydrogen-bond acceptors (Lipinski definition) is 8. The summed E-state index contributed by atoms with van der Waals surface area (Å²) in [5, 5.41) is 32.5. The van der Waals surface area contributed by atoms with E-state index >= 15 is 0 Å². The lowest BCUT2D eigenvalue weighted by Gasteiger charge is -2.29. The monoisotopic (exact) mass is 462 g/mol. The summed E-state index contributed by atoms with van der Waals surface area (Å²) in [6.45, 7) is 0.160. The molecule has 1 aliphatic carbocycles. The van der Waals surface area contributed by atoms with Gasteiger partial charge in [0.2, 0.25) is 11.7 Å². The molecule has 0 aliphatic heterocycles. The molecule has 34 heavy (non-hydrogen) atoms. The van der Waals surface area contributed by atoms with Gasteiger partial charge in [0.1, 0.15) is 30.9 Å². The summed E-state index contributed by atoms with van der Waals surface area (Å²) in [7, 11) is 1.45. The van der Waals surface area contributed by atoms with Gasteiger partial charge >= 0.3 is 0 Å². The molecule has 1 aromatic carbocycles. The van der Waals surface area contributed by atoms with Gasteiger partial charge in [-0.15, -0.1) is 15.3 Å². The smallest absolute Gasteiger partial charge is 0.240 e. The fourth-order valence-corrected chi connectivity index (χ4v) is 3.97. The molecular weight excluding hydrogens is 439 g/mol. The Morgan fingerprint density at radius 2 is 2.00 bits per heavy atom. The zero-order valence-corrected chi connectivity index (χ0v) is 18.5. The highest BCUT2D eigenvalue weighted by atomic mass is 19.1. The molecule has 1 fully saturated rings. The highest BCUT2D eigenvalue weighted by Gasteiger charge is 2.30. The van der Waals surface area contributed by atoms with Gasteiger partial charge in [-0.05, 0) is 36.5 Å². The minimum atomic E-state index is -0.703. The number of nitrogens with zero attached hydrogens (tertiary/aromatic N) is 5. The number of methoxy groups -OCH3 is 1. The van der Waals surface area contributed by atoms with E-state index in [9.17, 15) is 9.50 Å². The summed E-state index contributed by atoms with van der Waals surface area (Å²) in [5.41, 5.74) is 2.16. The number of fused-ring (bicyclic) bond motifs is 3. The number of nitrogens with one attached hydrogen (secondary N) is 1. The second kappa shape index (κ2) is 9.14. The van der Waals surface area contributed by atoms with Crippen LogP contribution in [0.3, 0.4) is 0 Å². The maximum atomic E-state index is 13.1. The fourth-order valence-electron chi connectivity index (χ4n) is 3.97. The largest absolute Gasteiger partial charge is 0.510 e. The van der Waals surface area contributed by atoms with Crippen molar-refractivity contribution < 1.29 is 19.0 Å².